The van der Waals surface area contributed by atoms with Crippen molar-refractivity contribution in [2.24, 2.45) is 0 Å². The molecule has 0 saturated carbocycles. The van der Waals surface area contributed by atoms with Crippen LogP contribution in [0.25, 0.3) is 0 Å². The lowest BCUT2D eigenvalue weighted by molar-refractivity contribution is 0.250. The van der Waals surface area contributed by atoms with Gasteiger partial charge in [0, 0.05) is 5.56 Å². The fourth-order valence-electron chi connectivity index (χ4n) is 2.11. The Balaban J connectivity index is 2.34. The molecule has 76 valence electrons. The van der Waals surface area contributed by atoms with E-state index in [2.05, 4.69) is 6.92 Å². The Bertz CT molecular complexity index is 322. The highest BCUT2D eigenvalue weighted by atomic mass is 19.1. The number of hydrogen-bond donors (Lipinski definition) is 0. The van der Waals surface area contributed by atoms with Crippen molar-refractivity contribution in [2.75, 3.05) is 6.61 Å². The van der Waals surface area contributed by atoms with Gasteiger partial charge >= 0.3 is 0 Å². The third-order valence-electron chi connectivity index (χ3n) is 2.79. The Kier molecular flexibility index (Phi) is 2.71. The molecule has 2 heteroatoms. The average Bonchev–Trinajstić information content (AvgIpc) is 2.20. The number of hydrogen-bond acceptors (Lipinski definition) is 1. The lowest BCUT2D eigenvalue weighted by atomic mass is 9.89. The zero-order valence-electron chi connectivity index (χ0n) is 8.42. The lowest BCUT2D eigenvalue weighted by Crippen LogP contribution is -2.15. The molecule has 0 amide bonds. The molecule has 2 rings (SSSR count). The van der Waals surface area contributed by atoms with Crippen molar-refractivity contribution in [1.29, 1.82) is 0 Å². The summed E-state index contributed by atoms with van der Waals surface area (Å²) in [6.45, 7) is 2.81. The maximum Gasteiger partial charge on any atom is 0.165 e. The zero-order chi connectivity index (χ0) is 9.97. The second-order valence-electron chi connectivity index (χ2n) is 3.78. The molecule has 0 saturated heterocycles. The fraction of sp³-hybridized carbons (Fsp3) is 0.500. The molecule has 0 N–H and O–H groups in total. The van der Waals surface area contributed by atoms with E-state index in [0.717, 1.165) is 24.8 Å². The van der Waals surface area contributed by atoms with Gasteiger partial charge in [-0.2, -0.15) is 0 Å². The van der Waals surface area contributed by atoms with Gasteiger partial charge in [0.1, 0.15) is 0 Å². The molecular formula is C12H15FO. The number of para-hydroxylation sites is 1. The summed E-state index contributed by atoms with van der Waals surface area (Å²) in [5, 5.41) is 0. The van der Waals surface area contributed by atoms with Crippen LogP contribution in [-0.4, -0.2) is 6.61 Å². The first-order valence-electron chi connectivity index (χ1n) is 5.24. The highest BCUT2D eigenvalue weighted by molar-refractivity contribution is 5.39. The van der Waals surface area contributed by atoms with Crippen LogP contribution in [-0.2, 0) is 0 Å². The van der Waals surface area contributed by atoms with Gasteiger partial charge in [-0.1, -0.05) is 25.5 Å². The van der Waals surface area contributed by atoms with Crippen molar-refractivity contribution in [3.8, 4) is 5.75 Å². The van der Waals surface area contributed by atoms with Crippen molar-refractivity contribution in [3.05, 3.63) is 29.6 Å². The third-order valence-corrected chi connectivity index (χ3v) is 2.79. The predicted octanol–water partition coefficient (Wildman–Crippen LogP) is 3.49. The highest BCUT2D eigenvalue weighted by Gasteiger charge is 2.22. The minimum Gasteiger partial charge on any atom is -0.490 e. The fourth-order valence-corrected chi connectivity index (χ4v) is 2.11. The van der Waals surface area contributed by atoms with Crippen LogP contribution in [0.5, 0.6) is 5.75 Å². The monoisotopic (exact) mass is 194 g/mol. The quantitative estimate of drug-likeness (QED) is 0.700. The van der Waals surface area contributed by atoms with Crippen molar-refractivity contribution in [1.82, 2.24) is 0 Å². The minimum atomic E-state index is -0.219. The summed E-state index contributed by atoms with van der Waals surface area (Å²) in [4.78, 5) is 0. The molecule has 1 aliphatic rings. The Morgan fingerprint density at radius 3 is 3.14 bits per heavy atom. The summed E-state index contributed by atoms with van der Waals surface area (Å²) in [6.07, 6.45) is 3.28. The SMILES string of the molecule is CCCC1CCOc2c(F)cccc21. The van der Waals surface area contributed by atoms with Crippen LogP contribution in [0.4, 0.5) is 4.39 Å². The molecule has 1 aliphatic heterocycles. The van der Waals surface area contributed by atoms with Gasteiger partial charge in [0.2, 0.25) is 0 Å². The average molecular weight is 194 g/mol. The van der Waals surface area contributed by atoms with E-state index in [1.165, 1.54) is 6.07 Å². The molecule has 0 spiro atoms. The van der Waals surface area contributed by atoms with Crippen molar-refractivity contribution in [2.45, 2.75) is 32.1 Å². The van der Waals surface area contributed by atoms with Crippen LogP contribution in [0, 0.1) is 5.82 Å². The molecule has 0 bridgehead atoms. The van der Waals surface area contributed by atoms with E-state index < -0.39 is 0 Å². The van der Waals surface area contributed by atoms with E-state index in [0.29, 0.717) is 18.3 Å². The van der Waals surface area contributed by atoms with Crippen molar-refractivity contribution >= 4 is 0 Å². The van der Waals surface area contributed by atoms with Crippen LogP contribution >= 0.6 is 0 Å². The first kappa shape index (κ1) is 9.50. The van der Waals surface area contributed by atoms with Crippen LogP contribution in [0.3, 0.4) is 0 Å². The lowest BCUT2D eigenvalue weighted by Gasteiger charge is -2.25. The molecular weight excluding hydrogens is 179 g/mol. The van der Waals surface area contributed by atoms with Gasteiger partial charge < -0.3 is 4.74 Å². The summed E-state index contributed by atoms with van der Waals surface area (Å²) >= 11 is 0. The smallest absolute Gasteiger partial charge is 0.165 e. The summed E-state index contributed by atoms with van der Waals surface area (Å²) in [5.74, 6) is 0.750. The molecule has 14 heavy (non-hydrogen) atoms. The molecule has 0 fully saturated rings. The molecule has 0 aliphatic carbocycles. The highest BCUT2D eigenvalue weighted by Crippen LogP contribution is 2.37. The molecule has 1 aromatic carbocycles. The van der Waals surface area contributed by atoms with Gasteiger partial charge in [0.05, 0.1) is 6.61 Å². The summed E-state index contributed by atoms with van der Waals surface area (Å²) in [5.41, 5.74) is 1.05. The first-order valence-corrected chi connectivity index (χ1v) is 5.24. The second-order valence-corrected chi connectivity index (χ2v) is 3.78. The number of fused-ring (bicyclic) bond motifs is 1. The van der Waals surface area contributed by atoms with Crippen molar-refractivity contribution in [3.63, 3.8) is 0 Å². The Morgan fingerprint density at radius 1 is 1.50 bits per heavy atom. The third kappa shape index (κ3) is 1.61. The summed E-state index contributed by atoms with van der Waals surface area (Å²) in [6, 6.07) is 5.22. The Labute approximate surface area is 83.9 Å². The summed E-state index contributed by atoms with van der Waals surface area (Å²) < 4.78 is 18.7. The van der Waals surface area contributed by atoms with Crippen LogP contribution in [0.1, 0.15) is 37.7 Å². The molecule has 1 atom stereocenters. The second kappa shape index (κ2) is 3.99. The Hall–Kier alpha value is -1.05. The summed E-state index contributed by atoms with van der Waals surface area (Å²) in [7, 11) is 0. The topological polar surface area (TPSA) is 9.23 Å². The Morgan fingerprint density at radius 2 is 2.36 bits per heavy atom. The van der Waals surface area contributed by atoms with Gasteiger partial charge in [0.25, 0.3) is 0 Å². The van der Waals surface area contributed by atoms with Crippen LogP contribution in [0.15, 0.2) is 18.2 Å². The maximum absolute atomic E-state index is 13.4. The van der Waals surface area contributed by atoms with E-state index in [1.54, 1.807) is 6.07 Å². The van der Waals surface area contributed by atoms with Gasteiger partial charge in [-0.15, -0.1) is 0 Å². The molecule has 1 unspecified atom stereocenters. The van der Waals surface area contributed by atoms with Crippen molar-refractivity contribution < 1.29 is 9.13 Å². The molecule has 1 heterocycles. The largest absolute Gasteiger partial charge is 0.490 e. The zero-order valence-corrected chi connectivity index (χ0v) is 8.42. The molecule has 0 aromatic heterocycles. The minimum absolute atomic E-state index is 0.219. The molecule has 0 radical (unpaired) electrons. The maximum atomic E-state index is 13.4. The van der Waals surface area contributed by atoms with E-state index in [1.807, 2.05) is 6.07 Å². The molecule has 1 aromatic rings. The van der Waals surface area contributed by atoms with Gasteiger partial charge in [0.15, 0.2) is 11.6 Å². The van der Waals surface area contributed by atoms with E-state index in [9.17, 15) is 4.39 Å². The van der Waals surface area contributed by atoms with E-state index in [4.69, 9.17) is 4.74 Å². The normalized spacial score (nSPS) is 20.0. The predicted molar refractivity (Wildman–Crippen MR) is 54.2 cm³/mol. The van der Waals surface area contributed by atoms with E-state index in [-0.39, 0.29) is 5.82 Å². The van der Waals surface area contributed by atoms with Gasteiger partial charge in [-0.3, -0.25) is 0 Å². The van der Waals surface area contributed by atoms with Crippen LogP contribution in [0.2, 0.25) is 0 Å². The van der Waals surface area contributed by atoms with Crippen LogP contribution < -0.4 is 4.74 Å². The number of halogens is 1. The standard InChI is InChI=1S/C12H15FO/c1-2-4-9-7-8-14-12-10(9)5-3-6-11(12)13/h3,5-6,9H,2,4,7-8H2,1H3. The molecule has 1 nitrogen and oxygen atoms in total. The number of rotatable bonds is 2. The number of benzene rings is 1. The van der Waals surface area contributed by atoms with Gasteiger partial charge in [-0.25, -0.2) is 4.39 Å². The number of ether oxygens (including phenoxy) is 1. The van der Waals surface area contributed by atoms with E-state index >= 15 is 0 Å². The first-order chi connectivity index (χ1) is 6.83. The van der Waals surface area contributed by atoms with Gasteiger partial charge in [-0.05, 0) is 24.8 Å².